The monoisotopic (exact) mass is 470 g/mol. The molecule has 3 aromatic rings. The molecule has 1 heterocycles. The van der Waals surface area contributed by atoms with Gasteiger partial charge in [-0.1, -0.05) is 12.1 Å². The fourth-order valence-corrected chi connectivity index (χ4v) is 3.63. The number of rotatable bonds is 4. The summed E-state index contributed by atoms with van der Waals surface area (Å²) in [6, 6.07) is 12.1. The smallest absolute Gasteiger partial charge is 0.308 e. The summed E-state index contributed by atoms with van der Waals surface area (Å²) in [5.74, 6) is 0. The molecule has 0 aliphatic heterocycles. The lowest BCUT2D eigenvalue weighted by atomic mass is 10.1. The van der Waals surface area contributed by atoms with Gasteiger partial charge < -0.3 is 10.6 Å². The van der Waals surface area contributed by atoms with Crippen molar-refractivity contribution in [2.75, 3.05) is 10.6 Å². The van der Waals surface area contributed by atoms with Gasteiger partial charge >= 0.3 is 11.5 Å². The minimum absolute atomic E-state index is 0.0490. The first-order valence-corrected chi connectivity index (χ1v) is 9.54. The highest BCUT2D eigenvalue weighted by Crippen LogP contribution is 2.37. The maximum Gasteiger partial charge on any atom is 0.446 e. The lowest BCUT2D eigenvalue weighted by molar-refractivity contribution is -0.0328. The van der Waals surface area contributed by atoms with Gasteiger partial charge in [-0.05, 0) is 64.1 Å². The number of nitrogens with one attached hydrogen (secondary N) is 2. The Bertz CT molecular complexity index is 970. The summed E-state index contributed by atoms with van der Waals surface area (Å²) in [4.78, 5) is 12.2. The van der Waals surface area contributed by atoms with Crippen LogP contribution in [0.1, 0.15) is 0 Å². The average molecular weight is 471 g/mol. The molecule has 0 atom stereocenters. The van der Waals surface area contributed by atoms with Crippen LogP contribution in [0.25, 0.3) is 11.3 Å². The summed E-state index contributed by atoms with van der Waals surface area (Å²) in [5.41, 5.74) is -1.68. The van der Waals surface area contributed by atoms with Crippen molar-refractivity contribution in [2.24, 2.45) is 7.05 Å². The van der Waals surface area contributed by atoms with Crippen molar-refractivity contribution >= 4 is 45.1 Å². The topological polar surface area (TPSA) is 59.0 Å². The Morgan fingerprint density at radius 1 is 1.11 bits per heavy atom. The molecule has 2 N–H and O–H groups in total. The van der Waals surface area contributed by atoms with Crippen LogP contribution in [0.4, 0.5) is 29.3 Å². The van der Waals surface area contributed by atoms with Gasteiger partial charge in [0.2, 0.25) is 0 Å². The predicted molar refractivity (Wildman–Crippen MR) is 107 cm³/mol. The summed E-state index contributed by atoms with van der Waals surface area (Å²) in [6.45, 7) is 0. The number of carbonyl (C=O) groups excluding carboxylic acids is 1. The molecule has 0 spiro atoms. The van der Waals surface area contributed by atoms with Gasteiger partial charge in [0.05, 0.1) is 16.4 Å². The number of urea groups is 1. The number of aromatic nitrogens is 2. The molecule has 0 saturated heterocycles. The van der Waals surface area contributed by atoms with Crippen LogP contribution < -0.4 is 10.6 Å². The fourth-order valence-electron chi connectivity index (χ4n) is 2.51. The molecule has 0 radical (unpaired) electrons. The highest BCUT2D eigenvalue weighted by Gasteiger charge is 2.29. The highest BCUT2D eigenvalue weighted by atomic mass is 79.9. The van der Waals surface area contributed by atoms with Gasteiger partial charge in [-0.25, -0.2) is 4.79 Å². The van der Waals surface area contributed by atoms with Crippen LogP contribution in [0.2, 0.25) is 0 Å². The Labute approximate surface area is 171 Å². The van der Waals surface area contributed by atoms with E-state index < -0.39 is 11.5 Å². The van der Waals surface area contributed by atoms with Gasteiger partial charge in [0.1, 0.15) is 0 Å². The highest BCUT2D eigenvalue weighted by molar-refractivity contribution is 9.10. The van der Waals surface area contributed by atoms with Gasteiger partial charge in [0.15, 0.2) is 0 Å². The number of benzene rings is 2. The van der Waals surface area contributed by atoms with Crippen LogP contribution in [0.3, 0.4) is 0 Å². The fraction of sp³-hybridized carbons (Fsp3) is 0.111. The predicted octanol–water partition coefficient (Wildman–Crippen LogP) is 6.11. The van der Waals surface area contributed by atoms with Crippen LogP contribution in [-0.2, 0) is 7.05 Å². The summed E-state index contributed by atoms with van der Waals surface area (Å²) in [7, 11) is 1.81. The lowest BCUT2D eigenvalue weighted by Gasteiger charge is -2.10. The molecule has 10 heteroatoms. The summed E-state index contributed by atoms with van der Waals surface area (Å²) >= 11 is 3.24. The van der Waals surface area contributed by atoms with Crippen LogP contribution in [0, 0.1) is 0 Å². The largest absolute Gasteiger partial charge is 0.446 e. The zero-order valence-electron chi connectivity index (χ0n) is 14.4. The molecule has 2 amide bonds. The van der Waals surface area contributed by atoms with Crippen molar-refractivity contribution in [1.29, 1.82) is 0 Å². The number of anilines is 2. The summed E-state index contributed by atoms with van der Waals surface area (Å²) in [6.07, 6.45) is 1.68. The third-order valence-corrected chi connectivity index (χ3v) is 4.95. The van der Waals surface area contributed by atoms with Gasteiger partial charge in [0.25, 0.3) is 0 Å². The second-order valence-corrected chi connectivity index (χ2v) is 7.69. The van der Waals surface area contributed by atoms with E-state index in [9.17, 15) is 18.0 Å². The number of hydrogen-bond donors (Lipinski definition) is 2. The molecular formula is C18H14BrF3N4OS. The van der Waals surface area contributed by atoms with Gasteiger partial charge in [-0.2, -0.15) is 18.3 Å². The first-order valence-electron chi connectivity index (χ1n) is 7.93. The summed E-state index contributed by atoms with van der Waals surface area (Å²) < 4.78 is 39.6. The van der Waals surface area contributed by atoms with Crippen LogP contribution >= 0.6 is 27.7 Å². The molecule has 0 fully saturated rings. The third-order valence-electron chi connectivity index (χ3n) is 3.63. The van der Waals surface area contributed by atoms with Crippen molar-refractivity contribution in [3.8, 4) is 11.3 Å². The van der Waals surface area contributed by atoms with E-state index in [1.807, 2.05) is 13.1 Å². The molecule has 0 unspecified atom stereocenters. The molecule has 3 rings (SSSR count). The number of nitrogens with zero attached hydrogens (tertiary/aromatic N) is 2. The van der Waals surface area contributed by atoms with E-state index in [0.29, 0.717) is 11.4 Å². The number of alkyl halides is 3. The molecule has 0 aliphatic rings. The van der Waals surface area contributed by atoms with E-state index in [4.69, 9.17) is 0 Å². The maximum atomic E-state index is 12.4. The number of hydrogen-bond acceptors (Lipinski definition) is 3. The van der Waals surface area contributed by atoms with Crippen molar-refractivity contribution in [3.63, 3.8) is 0 Å². The number of halogens is 4. The molecule has 0 saturated carbocycles. The standard InChI is InChI=1S/C18H14BrF3N4OS/c1-26-16(15(19)10-23-26)11-3-2-4-13(9-11)25-17(27)24-12-5-7-14(8-6-12)28-18(20,21)22/h2-10H,1H3,(H2,24,25,27). The van der Waals surface area contributed by atoms with Gasteiger partial charge in [0, 0.05) is 28.9 Å². The van der Waals surface area contributed by atoms with Crippen LogP contribution in [0.5, 0.6) is 0 Å². The van der Waals surface area contributed by atoms with Gasteiger partial charge in [-0.3, -0.25) is 4.68 Å². The molecule has 146 valence electrons. The van der Waals surface area contributed by atoms with E-state index in [1.165, 1.54) is 24.3 Å². The molecule has 2 aromatic carbocycles. The molecular weight excluding hydrogens is 457 g/mol. The Morgan fingerprint density at radius 2 is 1.79 bits per heavy atom. The number of aryl methyl sites for hydroxylation is 1. The van der Waals surface area contributed by atoms with E-state index in [-0.39, 0.29) is 16.7 Å². The number of carbonyl (C=O) groups is 1. The molecule has 0 aliphatic carbocycles. The normalized spacial score (nSPS) is 11.3. The van der Waals surface area contributed by atoms with E-state index >= 15 is 0 Å². The van der Waals surface area contributed by atoms with Crippen molar-refractivity contribution in [1.82, 2.24) is 9.78 Å². The second kappa shape index (κ2) is 8.27. The zero-order chi connectivity index (χ0) is 20.3. The number of amides is 2. The first kappa shape index (κ1) is 20.3. The minimum Gasteiger partial charge on any atom is -0.308 e. The average Bonchev–Trinajstić information content (AvgIpc) is 2.94. The maximum absolute atomic E-state index is 12.4. The molecule has 5 nitrogen and oxygen atoms in total. The molecule has 28 heavy (non-hydrogen) atoms. The molecule has 1 aromatic heterocycles. The zero-order valence-corrected chi connectivity index (χ0v) is 16.8. The Morgan fingerprint density at radius 3 is 2.39 bits per heavy atom. The van der Waals surface area contributed by atoms with E-state index in [1.54, 1.807) is 29.1 Å². The lowest BCUT2D eigenvalue weighted by Crippen LogP contribution is -2.19. The van der Waals surface area contributed by atoms with Gasteiger partial charge in [-0.15, -0.1) is 0 Å². The number of thioether (sulfide) groups is 1. The molecule has 0 bridgehead atoms. The summed E-state index contributed by atoms with van der Waals surface area (Å²) in [5, 5.41) is 9.46. The Kier molecular flexibility index (Phi) is 5.99. The second-order valence-electron chi connectivity index (χ2n) is 5.70. The van der Waals surface area contributed by atoms with E-state index in [2.05, 4.69) is 31.7 Å². The Balaban J connectivity index is 1.66. The van der Waals surface area contributed by atoms with Crippen LogP contribution in [0.15, 0.2) is 64.1 Å². The van der Waals surface area contributed by atoms with E-state index in [0.717, 1.165) is 15.7 Å². The third kappa shape index (κ3) is 5.29. The van der Waals surface area contributed by atoms with Crippen molar-refractivity contribution in [2.45, 2.75) is 10.4 Å². The minimum atomic E-state index is -4.35. The first-order chi connectivity index (χ1) is 13.2. The SMILES string of the molecule is Cn1ncc(Br)c1-c1cccc(NC(=O)Nc2ccc(SC(F)(F)F)cc2)c1. The van der Waals surface area contributed by atoms with Crippen molar-refractivity contribution in [3.05, 3.63) is 59.2 Å². The van der Waals surface area contributed by atoms with Crippen LogP contribution in [-0.4, -0.2) is 21.3 Å². The Hall–Kier alpha value is -2.46. The van der Waals surface area contributed by atoms with Crippen molar-refractivity contribution < 1.29 is 18.0 Å². The quantitative estimate of drug-likeness (QED) is 0.452.